The lowest BCUT2D eigenvalue weighted by Crippen LogP contribution is -2.35. The highest BCUT2D eigenvalue weighted by Gasteiger charge is 2.29. The molecular formula is C27H37NO5. The third-order valence-electron chi connectivity index (χ3n) is 6.12. The second-order valence-corrected chi connectivity index (χ2v) is 9.69. The molecule has 33 heavy (non-hydrogen) atoms. The van der Waals surface area contributed by atoms with Crippen molar-refractivity contribution in [3.63, 3.8) is 0 Å². The molecule has 2 N–H and O–H groups in total. The van der Waals surface area contributed by atoms with Crippen molar-refractivity contribution in [1.82, 2.24) is 5.32 Å². The lowest BCUT2D eigenvalue weighted by Gasteiger charge is -2.29. The summed E-state index contributed by atoms with van der Waals surface area (Å²) >= 11 is 0. The van der Waals surface area contributed by atoms with E-state index in [9.17, 15) is 4.79 Å². The van der Waals surface area contributed by atoms with Crippen molar-refractivity contribution >= 4 is 6.09 Å². The van der Waals surface area contributed by atoms with Crippen LogP contribution < -0.4 is 5.32 Å². The molecule has 180 valence electrons. The van der Waals surface area contributed by atoms with Crippen LogP contribution in [-0.4, -0.2) is 55.4 Å². The Morgan fingerprint density at radius 1 is 0.879 bits per heavy atom. The Kier molecular flexibility index (Phi) is 8.51. The molecule has 6 nitrogen and oxygen atoms in total. The van der Waals surface area contributed by atoms with E-state index in [1.54, 1.807) is 0 Å². The Hall–Kier alpha value is -2.41. The molecule has 0 fully saturated rings. The van der Waals surface area contributed by atoms with Crippen LogP contribution in [0.15, 0.2) is 48.5 Å². The van der Waals surface area contributed by atoms with Crippen molar-refractivity contribution in [2.45, 2.75) is 57.7 Å². The standard InChI is InChI=1S/C27H37NO5/c1-26(2,13-16-29)32-17-14-27(3,4)33-18-15-28-25(30)31-19-24-22-11-7-5-9-20(22)21-10-6-8-12-23(21)24/h5-12,24,29H,13-19H2,1-4H3,(H,28,30). The van der Waals surface area contributed by atoms with Gasteiger partial charge in [-0.1, -0.05) is 48.5 Å². The molecule has 0 saturated carbocycles. The van der Waals surface area contributed by atoms with Crippen molar-refractivity contribution in [3.8, 4) is 11.1 Å². The highest BCUT2D eigenvalue weighted by molar-refractivity contribution is 5.79. The van der Waals surface area contributed by atoms with Gasteiger partial charge in [0.1, 0.15) is 6.61 Å². The van der Waals surface area contributed by atoms with Crippen LogP contribution in [0.1, 0.15) is 57.6 Å². The molecular weight excluding hydrogens is 418 g/mol. The van der Waals surface area contributed by atoms with Gasteiger partial charge in [0.05, 0.1) is 24.4 Å². The molecule has 0 atom stereocenters. The number of carbonyl (C=O) groups is 1. The van der Waals surface area contributed by atoms with E-state index < -0.39 is 6.09 Å². The van der Waals surface area contributed by atoms with E-state index in [1.165, 1.54) is 22.3 Å². The van der Waals surface area contributed by atoms with Gasteiger partial charge in [-0.3, -0.25) is 0 Å². The molecule has 0 radical (unpaired) electrons. The lowest BCUT2D eigenvalue weighted by molar-refractivity contribution is -0.0767. The summed E-state index contributed by atoms with van der Waals surface area (Å²) < 4.78 is 17.3. The molecule has 0 aromatic heterocycles. The summed E-state index contributed by atoms with van der Waals surface area (Å²) in [6, 6.07) is 16.6. The van der Waals surface area contributed by atoms with Crippen LogP contribution in [0, 0.1) is 0 Å². The smallest absolute Gasteiger partial charge is 0.407 e. The highest BCUT2D eigenvalue weighted by Crippen LogP contribution is 2.44. The largest absolute Gasteiger partial charge is 0.449 e. The summed E-state index contributed by atoms with van der Waals surface area (Å²) in [5, 5.41) is 11.9. The topological polar surface area (TPSA) is 77.0 Å². The van der Waals surface area contributed by atoms with Gasteiger partial charge in [-0.25, -0.2) is 4.79 Å². The number of carbonyl (C=O) groups excluding carboxylic acids is 1. The first-order valence-electron chi connectivity index (χ1n) is 11.7. The molecule has 0 spiro atoms. The average Bonchev–Trinajstić information content (AvgIpc) is 3.09. The van der Waals surface area contributed by atoms with E-state index in [0.29, 0.717) is 39.2 Å². The normalized spacial score (nSPS) is 13.5. The molecule has 0 aliphatic heterocycles. The molecule has 0 saturated heterocycles. The number of rotatable bonds is 12. The van der Waals surface area contributed by atoms with E-state index >= 15 is 0 Å². The van der Waals surface area contributed by atoms with Crippen molar-refractivity contribution in [2.75, 3.05) is 33.0 Å². The van der Waals surface area contributed by atoms with Gasteiger partial charge in [0.15, 0.2) is 0 Å². The zero-order valence-corrected chi connectivity index (χ0v) is 20.2. The van der Waals surface area contributed by atoms with E-state index in [0.717, 1.165) is 0 Å². The van der Waals surface area contributed by atoms with Crippen LogP contribution in [0.25, 0.3) is 11.1 Å². The van der Waals surface area contributed by atoms with E-state index in [2.05, 4.69) is 29.6 Å². The predicted octanol–water partition coefficient (Wildman–Crippen LogP) is 4.89. The molecule has 1 aliphatic rings. The number of alkyl carbamates (subject to hydrolysis) is 1. The van der Waals surface area contributed by atoms with Gasteiger partial charge in [-0.2, -0.15) is 0 Å². The fourth-order valence-electron chi connectivity index (χ4n) is 4.12. The van der Waals surface area contributed by atoms with Gasteiger partial charge in [-0.05, 0) is 62.8 Å². The number of ether oxygens (including phenoxy) is 3. The summed E-state index contributed by atoms with van der Waals surface area (Å²) in [5.41, 5.74) is 4.08. The number of amides is 1. The fraction of sp³-hybridized carbons (Fsp3) is 0.519. The zero-order chi connectivity index (χ0) is 23.9. The van der Waals surface area contributed by atoms with Crippen LogP contribution in [0.4, 0.5) is 4.79 Å². The molecule has 6 heteroatoms. The summed E-state index contributed by atoms with van der Waals surface area (Å²) in [6.45, 7) is 9.64. The molecule has 0 bridgehead atoms. The molecule has 0 unspecified atom stereocenters. The quantitative estimate of drug-likeness (QED) is 0.446. The third-order valence-corrected chi connectivity index (χ3v) is 6.12. The fourth-order valence-corrected chi connectivity index (χ4v) is 4.12. The molecule has 2 aromatic rings. The number of hydrogen-bond acceptors (Lipinski definition) is 5. The van der Waals surface area contributed by atoms with Crippen LogP contribution in [-0.2, 0) is 14.2 Å². The summed E-state index contributed by atoms with van der Waals surface area (Å²) in [6.07, 6.45) is 0.873. The molecule has 3 rings (SSSR count). The highest BCUT2D eigenvalue weighted by atomic mass is 16.5. The average molecular weight is 456 g/mol. The first kappa shape index (κ1) is 25.2. The van der Waals surface area contributed by atoms with Gasteiger partial charge < -0.3 is 24.6 Å². The maximum absolute atomic E-state index is 12.3. The molecule has 1 amide bonds. The molecule has 0 heterocycles. The van der Waals surface area contributed by atoms with Gasteiger partial charge in [0.25, 0.3) is 0 Å². The third kappa shape index (κ3) is 7.03. The first-order chi connectivity index (χ1) is 15.7. The minimum atomic E-state index is -0.438. The SMILES string of the molecule is CC(C)(CCO)OCCC(C)(C)OCCNC(=O)OCC1c2ccccc2-c2ccccc21. The zero-order valence-electron chi connectivity index (χ0n) is 20.2. The first-order valence-corrected chi connectivity index (χ1v) is 11.7. The minimum absolute atomic E-state index is 0.0495. The number of benzene rings is 2. The Balaban J connectivity index is 1.38. The van der Waals surface area contributed by atoms with Crippen LogP contribution in [0.2, 0.25) is 0 Å². The van der Waals surface area contributed by atoms with E-state index in [-0.39, 0.29) is 23.7 Å². The Bertz CT molecular complexity index is 879. The number of aliphatic hydroxyl groups is 1. The van der Waals surface area contributed by atoms with Crippen LogP contribution >= 0.6 is 0 Å². The Morgan fingerprint density at radius 2 is 1.42 bits per heavy atom. The molecule has 2 aromatic carbocycles. The monoisotopic (exact) mass is 455 g/mol. The van der Waals surface area contributed by atoms with Gasteiger partial charge in [0, 0.05) is 19.1 Å². The Morgan fingerprint density at radius 3 is 2.03 bits per heavy atom. The summed E-state index contributed by atoms with van der Waals surface area (Å²) in [4.78, 5) is 12.3. The van der Waals surface area contributed by atoms with Crippen molar-refractivity contribution in [1.29, 1.82) is 0 Å². The second-order valence-electron chi connectivity index (χ2n) is 9.69. The number of nitrogens with one attached hydrogen (secondary N) is 1. The minimum Gasteiger partial charge on any atom is -0.449 e. The second kappa shape index (κ2) is 11.1. The van der Waals surface area contributed by atoms with Crippen LogP contribution in [0.3, 0.4) is 0 Å². The lowest BCUT2D eigenvalue weighted by atomic mass is 9.98. The predicted molar refractivity (Wildman–Crippen MR) is 129 cm³/mol. The van der Waals surface area contributed by atoms with E-state index in [4.69, 9.17) is 19.3 Å². The van der Waals surface area contributed by atoms with Gasteiger partial charge in [0.2, 0.25) is 0 Å². The Labute approximate surface area is 197 Å². The maximum atomic E-state index is 12.3. The van der Waals surface area contributed by atoms with Gasteiger partial charge in [-0.15, -0.1) is 0 Å². The number of aliphatic hydroxyl groups excluding tert-OH is 1. The summed E-state index contributed by atoms with van der Waals surface area (Å²) in [7, 11) is 0. The maximum Gasteiger partial charge on any atom is 0.407 e. The number of hydrogen-bond donors (Lipinski definition) is 2. The summed E-state index contributed by atoms with van der Waals surface area (Å²) in [5.74, 6) is 0.0495. The number of fused-ring (bicyclic) bond motifs is 3. The molecule has 1 aliphatic carbocycles. The van der Waals surface area contributed by atoms with Crippen molar-refractivity contribution in [2.24, 2.45) is 0 Å². The van der Waals surface area contributed by atoms with E-state index in [1.807, 2.05) is 52.0 Å². The van der Waals surface area contributed by atoms with Gasteiger partial charge >= 0.3 is 6.09 Å². The van der Waals surface area contributed by atoms with Crippen LogP contribution in [0.5, 0.6) is 0 Å². The van der Waals surface area contributed by atoms with Crippen molar-refractivity contribution < 1.29 is 24.1 Å². The van der Waals surface area contributed by atoms with Crippen molar-refractivity contribution in [3.05, 3.63) is 59.7 Å².